The summed E-state index contributed by atoms with van der Waals surface area (Å²) in [5, 5.41) is 23.8. The Morgan fingerprint density at radius 1 is 1.23 bits per heavy atom. The minimum Gasteiger partial charge on any atom is -0.455 e. The number of fused-ring (bicyclic) bond motifs is 2. The van der Waals surface area contributed by atoms with Crippen LogP contribution in [0.25, 0.3) is 0 Å². The molecule has 1 saturated heterocycles. The molecular weight excluding hydrogens is 396 g/mol. The van der Waals surface area contributed by atoms with Crippen LogP contribution in [0.5, 0.6) is 0 Å². The summed E-state index contributed by atoms with van der Waals surface area (Å²) < 4.78 is 11.9. The van der Waals surface area contributed by atoms with Crippen LogP contribution in [0.4, 0.5) is 0 Å². The van der Waals surface area contributed by atoms with E-state index < -0.39 is 28.8 Å². The number of allylic oxidation sites excluding steroid dienone is 1. The van der Waals surface area contributed by atoms with Gasteiger partial charge in [0.2, 0.25) is 0 Å². The SMILES string of the molecule is CC(C)=C[C@H]1O[C@@](C)(CC[C@@H]2OC(=O)C=C2C)[C@@H]2C(=O)[C@@]3(O)[C@@H](C)CC[C@H]3[C@H](C)[C@@]21O. The second kappa shape index (κ2) is 7.26. The van der Waals surface area contributed by atoms with Crippen molar-refractivity contribution in [1.82, 2.24) is 0 Å². The fourth-order valence-electron chi connectivity index (χ4n) is 6.88. The highest BCUT2D eigenvalue weighted by Crippen LogP contribution is 2.62. The molecule has 0 aromatic heterocycles. The number of ether oxygens (including phenoxy) is 2. The Morgan fingerprint density at radius 2 is 1.90 bits per heavy atom. The van der Waals surface area contributed by atoms with Crippen molar-refractivity contribution in [1.29, 1.82) is 0 Å². The van der Waals surface area contributed by atoms with E-state index in [0.717, 1.165) is 24.0 Å². The van der Waals surface area contributed by atoms with E-state index in [-0.39, 0.29) is 35.6 Å². The molecule has 31 heavy (non-hydrogen) atoms. The monoisotopic (exact) mass is 432 g/mol. The first-order valence-corrected chi connectivity index (χ1v) is 11.6. The second-order valence-corrected chi connectivity index (χ2v) is 10.8. The highest BCUT2D eigenvalue weighted by Gasteiger charge is 2.75. The van der Waals surface area contributed by atoms with Crippen LogP contribution < -0.4 is 0 Å². The summed E-state index contributed by atoms with van der Waals surface area (Å²) >= 11 is 0. The molecule has 0 amide bonds. The van der Waals surface area contributed by atoms with Gasteiger partial charge in [0.05, 0.1) is 11.5 Å². The van der Waals surface area contributed by atoms with Gasteiger partial charge in [-0.1, -0.05) is 25.5 Å². The standard InChI is InChI=1S/C25H36O6/c1-13(2)11-19-25(29)16(5)17-8-7-15(4)24(17,28)22(27)21(25)23(6,31-19)10-9-18-14(3)12-20(26)30-18/h11-12,15-19,21,28-29H,7-10H2,1-6H3/t15-,16-,17-,18-,19+,21-,23-,24+,25-/m0/s1. The maximum Gasteiger partial charge on any atom is 0.331 e. The summed E-state index contributed by atoms with van der Waals surface area (Å²) in [6.07, 6.45) is 4.85. The predicted molar refractivity (Wildman–Crippen MR) is 115 cm³/mol. The summed E-state index contributed by atoms with van der Waals surface area (Å²) in [5.74, 6) is -2.21. The molecule has 0 aromatic carbocycles. The first-order valence-electron chi connectivity index (χ1n) is 11.6. The molecule has 2 saturated carbocycles. The van der Waals surface area contributed by atoms with Crippen LogP contribution in [-0.4, -0.2) is 51.0 Å². The fraction of sp³-hybridized carbons (Fsp3) is 0.760. The average molecular weight is 433 g/mol. The molecular formula is C25H36O6. The zero-order valence-corrected chi connectivity index (χ0v) is 19.5. The highest BCUT2D eigenvalue weighted by atomic mass is 16.6. The van der Waals surface area contributed by atoms with Crippen LogP contribution in [0.15, 0.2) is 23.3 Å². The van der Waals surface area contributed by atoms with Crippen LogP contribution in [0, 0.1) is 23.7 Å². The van der Waals surface area contributed by atoms with Gasteiger partial charge in [-0.05, 0) is 70.8 Å². The average Bonchev–Trinajstić information content (AvgIpc) is 3.23. The maximum atomic E-state index is 13.9. The van der Waals surface area contributed by atoms with Gasteiger partial charge in [0.25, 0.3) is 0 Å². The molecule has 0 aromatic rings. The van der Waals surface area contributed by atoms with Crippen molar-refractivity contribution in [2.45, 2.75) is 96.2 Å². The number of aliphatic hydroxyl groups is 2. The summed E-state index contributed by atoms with van der Waals surface area (Å²) in [4.78, 5) is 25.5. The van der Waals surface area contributed by atoms with Crippen molar-refractivity contribution < 1.29 is 29.3 Å². The topological polar surface area (TPSA) is 93.1 Å². The normalized spacial score (nSPS) is 48.8. The van der Waals surface area contributed by atoms with E-state index in [1.165, 1.54) is 6.08 Å². The molecule has 0 radical (unpaired) electrons. The van der Waals surface area contributed by atoms with Crippen LogP contribution >= 0.6 is 0 Å². The number of rotatable bonds is 4. The van der Waals surface area contributed by atoms with Gasteiger partial charge in [0.1, 0.15) is 23.4 Å². The largest absolute Gasteiger partial charge is 0.455 e. The van der Waals surface area contributed by atoms with Gasteiger partial charge in [0, 0.05) is 12.0 Å². The van der Waals surface area contributed by atoms with E-state index in [9.17, 15) is 19.8 Å². The van der Waals surface area contributed by atoms with E-state index >= 15 is 0 Å². The fourth-order valence-corrected chi connectivity index (χ4v) is 6.88. The summed E-state index contributed by atoms with van der Waals surface area (Å²) in [7, 11) is 0. The summed E-state index contributed by atoms with van der Waals surface area (Å²) in [5.41, 5.74) is -1.94. The van der Waals surface area contributed by atoms with Crippen molar-refractivity contribution in [3.63, 3.8) is 0 Å². The number of hydrogen-bond donors (Lipinski definition) is 2. The van der Waals surface area contributed by atoms with Gasteiger partial charge >= 0.3 is 5.97 Å². The maximum absolute atomic E-state index is 13.9. The van der Waals surface area contributed by atoms with Crippen molar-refractivity contribution in [2.75, 3.05) is 0 Å². The van der Waals surface area contributed by atoms with Gasteiger partial charge in [-0.25, -0.2) is 4.79 Å². The molecule has 2 aliphatic carbocycles. The molecule has 2 N–H and O–H groups in total. The number of ketones is 1. The Bertz CT molecular complexity index is 856. The predicted octanol–water partition coefficient (Wildman–Crippen LogP) is 3.11. The zero-order valence-electron chi connectivity index (χ0n) is 19.5. The molecule has 0 unspecified atom stereocenters. The Labute approximate surface area is 184 Å². The van der Waals surface area contributed by atoms with Gasteiger partial charge in [-0.3, -0.25) is 4.79 Å². The number of esters is 1. The molecule has 172 valence electrons. The Kier molecular flexibility index (Phi) is 5.31. The van der Waals surface area contributed by atoms with Crippen molar-refractivity contribution >= 4 is 11.8 Å². The van der Waals surface area contributed by atoms with Crippen molar-refractivity contribution in [3.05, 3.63) is 23.3 Å². The smallest absolute Gasteiger partial charge is 0.331 e. The number of cyclic esters (lactones) is 1. The third kappa shape index (κ3) is 3.09. The van der Waals surface area contributed by atoms with E-state index in [1.54, 1.807) is 0 Å². The van der Waals surface area contributed by atoms with E-state index in [0.29, 0.717) is 12.8 Å². The Hall–Kier alpha value is -1.50. The third-order valence-electron chi connectivity index (χ3n) is 8.64. The molecule has 6 nitrogen and oxygen atoms in total. The van der Waals surface area contributed by atoms with E-state index in [2.05, 4.69) is 0 Å². The highest BCUT2D eigenvalue weighted by molar-refractivity contribution is 5.94. The number of carbonyl (C=O) groups excluding carboxylic acids is 2. The van der Waals surface area contributed by atoms with Crippen LogP contribution in [0.3, 0.4) is 0 Å². The van der Waals surface area contributed by atoms with Crippen molar-refractivity contribution in [3.8, 4) is 0 Å². The van der Waals surface area contributed by atoms with Gasteiger partial charge < -0.3 is 19.7 Å². The number of hydrogen-bond acceptors (Lipinski definition) is 6. The molecule has 4 aliphatic rings. The van der Waals surface area contributed by atoms with Gasteiger partial charge in [0.15, 0.2) is 5.78 Å². The number of carbonyl (C=O) groups is 2. The lowest BCUT2D eigenvalue weighted by Crippen LogP contribution is -2.69. The molecule has 0 bridgehead atoms. The van der Waals surface area contributed by atoms with Gasteiger partial charge in [-0.2, -0.15) is 0 Å². The molecule has 2 aliphatic heterocycles. The Balaban J connectivity index is 1.73. The lowest BCUT2D eigenvalue weighted by Gasteiger charge is -2.53. The lowest BCUT2D eigenvalue weighted by molar-refractivity contribution is -0.193. The Morgan fingerprint density at radius 3 is 2.48 bits per heavy atom. The van der Waals surface area contributed by atoms with Crippen LogP contribution in [0.2, 0.25) is 0 Å². The molecule has 4 rings (SSSR count). The first kappa shape index (κ1) is 22.7. The second-order valence-electron chi connectivity index (χ2n) is 10.8. The molecule has 6 heteroatoms. The first-order chi connectivity index (χ1) is 14.4. The summed E-state index contributed by atoms with van der Waals surface area (Å²) in [6.45, 7) is 11.5. The molecule has 3 fully saturated rings. The molecule has 0 spiro atoms. The number of Topliss-reactive ketones (excluding diaryl/α,β-unsaturated/α-hetero) is 1. The third-order valence-corrected chi connectivity index (χ3v) is 8.64. The minimum absolute atomic E-state index is 0.148. The molecule has 9 atom stereocenters. The van der Waals surface area contributed by atoms with E-state index in [4.69, 9.17) is 9.47 Å². The van der Waals surface area contributed by atoms with Gasteiger partial charge in [-0.15, -0.1) is 0 Å². The quantitative estimate of drug-likeness (QED) is 0.524. The minimum atomic E-state index is -1.43. The van der Waals surface area contributed by atoms with Crippen LogP contribution in [-0.2, 0) is 19.1 Å². The lowest BCUT2D eigenvalue weighted by atomic mass is 9.53. The van der Waals surface area contributed by atoms with E-state index in [1.807, 2.05) is 47.6 Å². The van der Waals surface area contributed by atoms with Crippen molar-refractivity contribution in [2.24, 2.45) is 23.7 Å². The molecule has 2 heterocycles. The summed E-state index contributed by atoms with van der Waals surface area (Å²) in [6, 6.07) is 0. The van der Waals surface area contributed by atoms with Crippen LogP contribution in [0.1, 0.15) is 67.2 Å². The zero-order chi connectivity index (χ0) is 22.9.